The highest BCUT2D eigenvalue weighted by Gasteiger charge is 2.32. The van der Waals surface area contributed by atoms with Crippen molar-refractivity contribution in [1.29, 1.82) is 0 Å². The van der Waals surface area contributed by atoms with Gasteiger partial charge in [-0.2, -0.15) is 5.10 Å². The summed E-state index contributed by atoms with van der Waals surface area (Å²) in [5, 5.41) is 4.72. The Bertz CT molecular complexity index is 770. The minimum atomic E-state index is 0.167. The fraction of sp³-hybridized carbons (Fsp3) is 0.611. The van der Waals surface area contributed by atoms with E-state index in [1.165, 1.54) is 61.2 Å². The maximum Gasteiger partial charge on any atom is 0.266 e. The molecule has 0 N–H and O–H groups in total. The summed E-state index contributed by atoms with van der Waals surface area (Å²) in [5.41, 5.74) is 5.31. The molecule has 2 saturated carbocycles. The zero-order chi connectivity index (χ0) is 16.1. The van der Waals surface area contributed by atoms with Gasteiger partial charge in [0, 0.05) is 18.4 Å². The summed E-state index contributed by atoms with van der Waals surface area (Å²) < 4.78 is 2.10. The van der Waals surface area contributed by atoms with Gasteiger partial charge in [-0.05, 0) is 31.7 Å². The number of rotatable bonds is 3. The second-order valence-electron chi connectivity index (χ2n) is 7.33. The van der Waals surface area contributed by atoms with E-state index in [9.17, 15) is 4.79 Å². The number of carbonyl (C=O) groups excluding carboxylic acids is 1. The van der Waals surface area contributed by atoms with E-state index < -0.39 is 0 Å². The highest BCUT2D eigenvalue weighted by molar-refractivity contribution is 7.11. The molecule has 126 valence electrons. The molecule has 24 heavy (non-hydrogen) atoms. The van der Waals surface area contributed by atoms with Gasteiger partial charge < -0.3 is 4.90 Å². The molecule has 6 heteroatoms. The number of hydrogen-bond donors (Lipinski definition) is 0. The molecule has 3 aliphatic rings. The van der Waals surface area contributed by atoms with Gasteiger partial charge in [0.25, 0.3) is 5.91 Å². The number of fused-ring (bicyclic) bond motifs is 1. The van der Waals surface area contributed by atoms with Gasteiger partial charge in [-0.15, -0.1) is 11.3 Å². The highest BCUT2D eigenvalue weighted by atomic mass is 32.1. The van der Waals surface area contributed by atoms with E-state index in [4.69, 9.17) is 5.10 Å². The molecular formula is C18H22N4OS. The molecular weight excluding hydrogens is 320 g/mol. The summed E-state index contributed by atoms with van der Waals surface area (Å²) in [5.74, 6) is 1.33. The summed E-state index contributed by atoms with van der Waals surface area (Å²) in [6.07, 6.45) is 7.43. The predicted molar refractivity (Wildman–Crippen MR) is 92.3 cm³/mol. The van der Waals surface area contributed by atoms with Crippen LogP contribution < -0.4 is 0 Å². The molecule has 2 aliphatic carbocycles. The van der Waals surface area contributed by atoms with Crippen molar-refractivity contribution in [2.75, 3.05) is 6.54 Å². The fourth-order valence-electron chi connectivity index (χ4n) is 4.09. The molecule has 2 aromatic heterocycles. The van der Waals surface area contributed by atoms with E-state index in [-0.39, 0.29) is 5.91 Å². The fourth-order valence-corrected chi connectivity index (χ4v) is 4.93. The molecule has 0 unspecified atom stereocenters. The summed E-state index contributed by atoms with van der Waals surface area (Å²) in [7, 11) is 0. The van der Waals surface area contributed by atoms with Crippen molar-refractivity contribution >= 4 is 17.2 Å². The predicted octanol–water partition coefficient (Wildman–Crippen LogP) is 3.53. The first kappa shape index (κ1) is 14.6. The number of aromatic nitrogens is 3. The van der Waals surface area contributed by atoms with Crippen LogP contribution in [0.1, 0.15) is 77.1 Å². The van der Waals surface area contributed by atoms with E-state index in [0.717, 1.165) is 23.7 Å². The van der Waals surface area contributed by atoms with E-state index in [0.29, 0.717) is 18.4 Å². The summed E-state index contributed by atoms with van der Waals surface area (Å²) in [6.45, 7) is 2.24. The van der Waals surface area contributed by atoms with Crippen LogP contribution in [-0.2, 0) is 13.1 Å². The molecule has 0 aromatic carbocycles. The van der Waals surface area contributed by atoms with Crippen LogP contribution in [0.5, 0.6) is 0 Å². The van der Waals surface area contributed by atoms with E-state index in [1.54, 1.807) is 0 Å². The van der Waals surface area contributed by atoms with Gasteiger partial charge in [0.2, 0.25) is 0 Å². The monoisotopic (exact) mass is 342 g/mol. The average molecular weight is 342 g/mol. The lowest BCUT2D eigenvalue weighted by molar-refractivity contribution is 0.0709. The van der Waals surface area contributed by atoms with E-state index in [2.05, 4.69) is 15.7 Å². The second-order valence-corrected chi connectivity index (χ2v) is 8.19. The molecule has 0 radical (unpaired) electrons. The first-order valence-electron chi connectivity index (χ1n) is 9.09. The van der Waals surface area contributed by atoms with Crippen LogP contribution in [0.4, 0.5) is 0 Å². The van der Waals surface area contributed by atoms with E-state index >= 15 is 0 Å². The molecule has 1 amide bonds. The normalized spacial score (nSPS) is 21.2. The Morgan fingerprint density at radius 1 is 1.12 bits per heavy atom. The first-order valence-corrected chi connectivity index (χ1v) is 9.97. The second kappa shape index (κ2) is 5.69. The van der Waals surface area contributed by atoms with Crippen molar-refractivity contribution in [2.24, 2.45) is 0 Å². The zero-order valence-corrected chi connectivity index (χ0v) is 14.6. The largest absolute Gasteiger partial charge is 0.330 e. The molecule has 0 atom stereocenters. The first-order chi connectivity index (χ1) is 11.8. The number of nitrogens with zero attached hydrogens (tertiary/aromatic N) is 4. The Hall–Kier alpha value is -1.69. The quantitative estimate of drug-likeness (QED) is 0.857. The van der Waals surface area contributed by atoms with Gasteiger partial charge in [-0.3, -0.25) is 9.48 Å². The molecule has 1 aliphatic heterocycles. The van der Waals surface area contributed by atoms with Crippen molar-refractivity contribution in [1.82, 2.24) is 19.7 Å². The zero-order valence-electron chi connectivity index (χ0n) is 13.8. The van der Waals surface area contributed by atoms with Gasteiger partial charge in [0.05, 0.1) is 35.7 Å². The topological polar surface area (TPSA) is 51.0 Å². The van der Waals surface area contributed by atoms with Crippen molar-refractivity contribution < 1.29 is 4.79 Å². The van der Waals surface area contributed by atoms with Gasteiger partial charge in [-0.25, -0.2) is 4.98 Å². The van der Waals surface area contributed by atoms with Crippen LogP contribution in [0.25, 0.3) is 0 Å². The van der Waals surface area contributed by atoms with Crippen molar-refractivity contribution in [3.8, 4) is 0 Å². The lowest BCUT2D eigenvalue weighted by atomic mass is 10.0. The average Bonchev–Trinajstić information content (AvgIpc) is 3.05. The molecule has 2 aromatic rings. The van der Waals surface area contributed by atoms with Crippen LogP contribution >= 0.6 is 11.3 Å². The molecule has 5 nitrogen and oxygen atoms in total. The van der Waals surface area contributed by atoms with Crippen LogP contribution in [-0.4, -0.2) is 32.1 Å². The van der Waals surface area contributed by atoms with Crippen LogP contribution in [0.3, 0.4) is 0 Å². The van der Waals surface area contributed by atoms with Crippen LogP contribution in [0, 0.1) is 0 Å². The maximum absolute atomic E-state index is 13.1. The van der Waals surface area contributed by atoms with Crippen molar-refractivity contribution in [3.63, 3.8) is 0 Å². The highest BCUT2D eigenvalue weighted by Crippen LogP contribution is 2.40. The molecule has 0 bridgehead atoms. The molecule has 5 rings (SSSR count). The molecule has 3 heterocycles. The Labute approximate surface area is 145 Å². The summed E-state index contributed by atoms with van der Waals surface area (Å²) in [4.78, 5) is 20.5. The van der Waals surface area contributed by atoms with Crippen molar-refractivity contribution in [3.05, 3.63) is 33.5 Å². The van der Waals surface area contributed by atoms with E-state index in [1.807, 2.05) is 10.4 Å². The third-order valence-corrected chi connectivity index (χ3v) is 6.46. The van der Waals surface area contributed by atoms with Crippen LogP contribution in [0.15, 0.2) is 11.6 Å². The number of thiazole rings is 1. The van der Waals surface area contributed by atoms with Gasteiger partial charge in [0.1, 0.15) is 4.88 Å². The SMILES string of the molecule is O=C(c1scnc1C1CCCC1)N1CCn2nc(C3CC3)cc2C1. The van der Waals surface area contributed by atoms with Crippen LogP contribution in [0.2, 0.25) is 0 Å². The number of carbonyl (C=O) groups is 1. The van der Waals surface area contributed by atoms with Gasteiger partial charge in [0.15, 0.2) is 0 Å². The Kier molecular flexibility index (Phi) is 3.47. The Balaban J connectivity index is 1.37. The Morgan fingerprint density at radius 3 is 2.75 bits per heavy atom. The molecule has 2 fully saturated rings. The lowest BCUT2D eigenvalue weighted by Gasteiger charge is -2.27. The van der Waals surface area contributed by atoms with Gasteiger partial charge in [-0.1, -0.05) is 12.8 Å². The summed E-state index contributed by atoms with van der Waals surface area (Å²) >= 11 is 1.51. The number of hydrogen-bond acceptors (Lipinski definition) is 4. The lowest BCUT2D eigenvalue weighted by Crippen LogP contribution is -2.38. The maximum atomic E-state index is 13.1. The third-order valence-electron chi connectivity index (χ3n) is 5.63. The van der Waals surface area contributed by atoms with Gasteiger partial charge >= 0.3 is 0 Å². The minimum absolute atomic E-state index is 0.167. The standard InChI is InChI=1S/C18H22N4OS/c23-18(17-16(19-11-24-17)13-3-1-2-4-13)21-7-8-22-14(10-21)9-15(20-22)12-5-6-12/h9,11-13H,1-8,10H2. The minimum Gasteiger partial charge on any atom is -0.330 e. The smallest absolute Gasteiger partial charge is 0.266 e. The molecule has 0 saturated heterocycles. The van der Waals surface area contributed by atoms with Crippen molar-refractivity contribution in [2.45, 2.75) is 63.5 Å². The Morgan fingerprint density at radius 2 is 1.96 bits per heavy atom. The molecule has 0 spiro atoms. The number of amides is 1. The summed E-state index contributed by atoms with van der Waals surface area (Å²) in [6, 6.07) is 2.21. The third kappa shape index (κ3) is 2.48.